The van der Waals surface area contributed by atoms with Crippen LogP contribution in [0.15, 0.2) is 18.3 Å². The third-order valence-corrected chi connectivity index (χ3v) is 3.72. The van der Waals surface area contributed by atoms with Gasteiger partial charge in [-0.15, -0.1) is 0 Å². The average Bonchev–Trinajstić information content (AvgIpc) is 2.46. The van der Waals surface area contributed by atoms with E-state index in [1.807, 2.05) is 20.0 Å². The van der Waals surface area contributed by atoms with Crippen molar-refractivity contribution in [3.8, 4) is 0 Å². The van der Waals surface area contributed by atoms with Crippen molar-refractivity contribution in [3.63, 3.8) is 0 Å². The average molecular weight is 264 g/mol. The van der Waals surface area contributed by atoms with Gasteiger partial charge in [0.05, 0.1) is 11.7 Å². The molecular weight excluding hydrogens is 232 g/mol. The molecule has 2 atom stereocenters. The molecule has 0 aliphatic heterocycles. The molecule has 1 aromatic rings. The van der Waals surface area contributed by atoms with Crippen molar-refractivity contribution in [2.75, 3.05) is 7.05 Å². The third kappa shape index (κ3) is 4.61. The van der Waals surface area contributed by atoms with Gasteiger partial charge >= 0.3 is 0 Å². The molecule has 2 nitrogen and oxygen atoms in total. The fourth-order valence-electron chi connectivity index (χ4n) is 2.82. The Hall–Kier alpha value is -0.890. The molecule has 110 valence electrons. The molecule has 0 spiro atoms. The van der Waals surface area contributed by atoms with Crippen LogP contribution in [-0.4, -0.2) is 12.0 Å². The number of nitrogens with one attached hydrogen (secondary N) is 1. The minimum absolute atomic E-state index is 0. The number of fused-ring (bicyclic) bond motifs is 1. The molecule has 0 radical (unpaired) electrons. The lowest BCUT2D eigenvalue weighted by molar-refractivity contribution is 0.304. The maximum atomic E-state index is 4.57. The second kappa shape index (κ2) is 9.96. The smallest absolute Gasteiger partial charge is 0.0607 e. The van der Waals surface area contributed by atoms with Crippen LogP contribution in [0.25, 0.3) is 0 Å². The molecule has 0 saturated carbocycles. The van der Waals surface area contributed by atoms with Crippen molar-refractivity contribution >= 4 is 0 Å². The summed E-state index contributed by atoms with van der Waals surface area (Å²) >= 11 is 0. The lowest BCUT2D eigenvalue weighted by Crippen LogP contribution is -2.31. The maximum Gasteiger partial charge on any atom is 0.0607 e. The molecule has 1 aromatic heterocycles. The Bertz CT molecular complexity index is 336. The van der Waals surface area contributed by atoms with E-state index in [4.69, 9.17) is 0 Å². The molecule has 1 aliphatic carbocycles. The molecule has 2 heteroatoms. The molecule has 1 N–H and O–H groups in total. The summed E-state index contributed by atoms with van der Waals surface area (Å²) in [6.07, 6.45) is 8.40. The van der Waals surface area contributed by atoms with Gasteiger partial charge in [0.1, 0.15) is 0 Å². The summed E-state index contributed by atoms with van der Waals surface area (Å²) in [7, 11) is 2.06. The first-order valence-electron chi connectivity index (χ1n) is 7.47. The lowest BCUT2D eigenvalue weighted by Gasteiger charge is -2.32. The zero-order valence-electron chi connectivity index (χ0n) is 12.4. The van der Waals surface area contributed by atoms with Crippen molar-refractivity contribution in [2.45, 2.75) is 66.3 Å². The van der Waals surface area contributed by atoms with Gasteiger partial charge in [-0.25, -0.2) is 0 Å². The van der Waals surface area contributed by atoms with E-state index in [1.54, 1.807) is 0 Å². The van der Waals surface area contributed by atoms with Crippen molar-refractivity contribution < 1.29 is 0 Å². The standard InChI is InChI=1S/C14H22N2.C2H6.CH4/c1-3-4-6-11-8-9-12-7-5-10-16-14(12)13(11)15-2;1-2;/h5,7,10-11,13,15H,3-4,6,8-9H2,1-2H3;1-2H3;1H4/t11-,13-;;/m0../s1. The molecule has 0 amide bonds. The van der Waals surface area contributed by atoms with Gasteiger partial charge in [0.15, 0.2) is 0 Å². The van der Waals surface area contributed by atoms with Crippen LogP contribution in [0.3, 0.4) is 0 Å². The number of pyridine rings is 1. The van der Waals surface area contributed by atoms with Gasteiger partial charge in [-0.1, -0.05) is 47.1 Å². The van der Waals surface area contributed by atoms with E-state index < -0.39 is 0 Å². The summed E-state index contributed by atoms with van der Waals surface area (Å²) < 4.78 is 0. The molecule has 19 heavy (non-hydrogen) atoms. The van der Waals surface area contributed by atoms with E-state index in [1.165, 1.54) is 43.4 Å². The van der Waals surface area contributed by atoms with E-state index in [0.29, 0.717) is 6.04 Å². The summed E-state index contributed by atoms with van der Waals surface area (Å²) in [6.45, 7) is 6.27. The Morgan fingerprint density at radius 2 is 2.11 bits per heavy atom. The quantitative estimate of drug-likeness (QED) is 0.848. The van der Waals surface area contributed by atoms with E-state index in [0.717, 1.165) is 5.92 Å². The Morgan fingerprint density at radius 1 is 1.37 bits per heavy atom. The van der Waals surface area contributed by atoms with Crippen molar-refractivity contribution in [1.82, 2.24) is 10.3 Å². The Kier molecular flexibility index (Phi) is 9.50. The van der Waals surface area contributed by atoms with Gasteiger partial charge in [0, 0.05) is 6.20 Å². The van der Waals surface area contributed by atoms with Gasteiger partial charge in [-0.2, -0.15) is 0 Å². The van der Waals surface area contributed by atoms with E-state index in [-0.39, 0.29) is 7.43 Å². The van der Waals surface area contributed by atoms with Gasteiger partial charge in [0.25, 0.3) is 0 Å². The van der Waals surface area contributed by atoms with Gasteiger partial charge in [-0.3, -0.25) is 4.98 Å². The van der Waals surface area contributed by atoms with Crippen LogP contribution in [0.2, 0.25) is 0 Å². The predicted molar refractivity (Wildman–Crippen MR) is 85.5 cm³/mol. The topological polar surface area (TPSA) is 24.9 Å². The van der Waals surface area contributed by atoms with Crippen LogP contribution in [0.5, 0.6) is 0 Å². The molecule has 1 heterocycles. The number of rotatable bonds is 4. The largest absolute Gasteiger partial charge is 0.311 e. The van der Waals surface area contributed by atoms with Crippen molar-refractivity contribution in [3.05, 3.63) is 29.6 Å². The van der Waals surface area contributed by atoms with E-state index in [9.17, 15) is 0 Å². The summed E-state index contributed by atoms with van der Waals surface area (Å²) in [5.74, 6) is 0.771. The van der Waals surface area contributed by atoms with Gasteiger partial charge < -0.3 is 5.32 Å². The Morgan fingerprint density at radius 3 is 2.74 bits per heavy atom. The minimum atomic E-state index is 0. The Labute approximate surface area is 120 Å². The third-order valence-electron chi connectivity index (χ3n) is 3.72. The van der Waals surface area contributed by atoms with Crippen LogP contribution < -0.4 is 5.32 Å². The van der Waals surface area contributed by atoms with Crippen LogP contribution >= 0.6 is 0 Å². The zero-order chi connectivity index (χ0) is 13.4. The second-order valence-electron chi connectivity index (χ2n) is 4.76. The number of hydrogen-bond donors (Lipinski definition) is 1. The predicted octanol–water partition coefficient (Wildman–Crippen LogP) is 4.76. The minimum Gasteiger partial charge on any atom is -0.311 e. The molecule has 1 aliphatic rings. The van der Waals surface area contributed by atoms with Crippen LogP contribution in [-0.2, 0) is 6.42 Å². The number of aryl methyl sites for hydroxylation is 1. The first kappa shape index (κ1) is 18.1. The molecule has 0 unspecified atom stereocenters. The van der Waals surface area contributed by atoms with Crippen molar-refractivity contribution in [2.24, 2.45) is 5.92 Å². The molecular formula is C17H32N2. The summed E-state index contributed by atoms with van der Waals surface area (Å²) in [4.78, 5) is 4.57. The van der Waals surface area contributed by atoms with E-state index in [2.05, 4.69) is 36.4 Å². The van der Waals surface area contributed by atoms with Gasteiger partial charge in [0.2, 0.25) is 0 Å². The lowest BCUT2D eigenvalue weighted by atomic mass is 9.80. The molecule has 0 aromatic carbocycles. The first-order chi connectivity index (χ1) is 8.86. The van der Waals surface area contributed by atoms with Crippen LogP contribution in [0.1, 0.15) is 71.2 Å². The summed E-state index contributed by atoms with van der Waals surface area (Å²) in [5.41, 5.74) is 2.73. The highest BCUT2D eigenvalue weighted by Gasteiger charge is 2.28. The highest BCUT2D eigenvalue weighted by atomic mass is 14.9. The molecule has 0 saturated heterocycles. The highest BCUT2D eigenvalue weighted by Crippen LogP contribution is 2.35. The monoisotopic (exact) mass is 264 g/mol. The maximum absolute atomic E-state index is 4.57. The van der Waals surface area contributed by atoms with Crippen molar-refractivity contribution in [1.29, 1.82) is 0 Å². The normalized spacial score (nSPS) is 20.6. The molecule has 0 bridgehead atoms. The highest BCUT2D eigenvalue weighted by molar-refractivity contribution is 5.26. The van der Waals surface area contributed by atoms with Gasteiger partial charge in [-0.05, 0) is 43.9 Å². The molecule has 0 fully saturated rings. The number of unbranched alkanes of at least 4 members (excludes halogenated alkanes) is 1. The summed E-state index contributed by atoms with van der Waals surface area (Å²) in [6, 6.07) is 4.75. The Balaban J connectivity index is 0.00000103. The zero-order valence-corrected chi connectivity index (χ0v) is 12.4. The number of nitrogens with zero attached hydrogens (tertiary/aromatic N) is 1. The fraction of sp³-hybridized carbons (Fsp3) is 0.706. The van der Waals surface area contributed by atoms with Crippen LogP contribution in [0.4, 0.5) is 0 Å². The first-order valence-corrected chi connectivity index (χ1v) is 7.47. The van der Waals surface area contributed by atoms with E-state index >= 15 is 0 Å². The SMILES string of the molecule is C.CC.CCCC[C@H]1CCc2cccnc2[C@H]1NC. The fourth-order valence-corrected chi connectivity index (χ4v) is 2.82. The number of aromatic nitrogens is 1. The van der Waals surface area contributed by atoms with Crippen LogP contribution in [0, 0.1) is 5.92 Å². The summed E-state index contributed by atoms with van der Waals surface area (Å²) in [5, 5.41) is 3.46. The second-order valence-corrected chi connectivity index (χ2v) is 4.76. The molecule has 2 rings (SSSR count). The number of hydrogen-bond acceptors (Lipinski definition) is 2.